The smallest absolute Gasteiger partial charge is 0.323 e. The summed E-state index contributed by atoms with van der Waals surface area (Å²) in [6, 6.07) is 0.823. The first-order chi connectivity index (χ1) is 13.0. The van der Waals surface area contributed by atoms with Gasteiger partial charge in [-0.1, -0.05) is 0 Å². The second-order valence-electron chi connectivity index (χ2n) is 6.31. The van der Waals surface area contributed by atoms with Crippen molar-refractivity contribution in [1.82, 2.24) is 9.47 Å². The van der Waals surface area contributed by atoms with Crippen LogP contribution in [0.15, 0.2) is 29.4 Å². The van der Waals surface area contributed by atoms with Crippen LogP contribution in [0.5, 0.6) is 0 Å². The molecule has 0 N–H and O–H groups in total. The van der Waals surface area contributed by atoms with Crippen LogP contribution in [-0.2, 0) is 12.4 Å². The van der Waals surface area contributed by atoms with E-state index in [4.69, 9.17) is 0 Å². The zero-order valence-electron chi connectivity index (χ0n) is 14.6. The van der Waals surface area contributed by atoms with Gasteiger partial charge in [0.2, 0.25) is 0 Å². The van der Waals surface area contributed by atoms with Gasteiger partial charge in [-0.2, -0.15) is 31.3 Å². The van der Waals surface area contributed by atoms with Crippen molar-refractivity contribution in [2.75, 3.05) is 13.1 Å². The highest BCUT2D eigenvalue weighted by molar-refractivity contribution is 7.09. The van der Waals surface area contributed by atoms with Crippen LogP contribution in [0.25, 0.3) is 5.69 Å². The number of amides is 2. The molecule has 1 saturated heterocycles. The molecule has 1 aliphatic rings. The van der Waals surface area contributed by atoms with Gasteiger partial charge in [-0.3, -0.25) is 4.57 Å². The van der Waals surface area contributed by atoms with Crippen LogP contribution >= 0.6 is 11.3 Å². The molecule has 4 nitrogen and oxygen atoms in total. The number of likely N-dealkylation sites (tertiary alicyclic amines) is 1. The average molecular weight is 423 g/mol. The molecule has 0 spiro atoms. The van der Waals surface area contributed by atoms with Crippen molar-refractivity contribution in [3.8, 4) is 5.69 Å². The molecule has 2 amide bonds. The number of aromatic nitrogens is 1. The molecule has 0 bridgehead atoms. The van der Waals surface area contributed by atoms with E-state index >= 15 is 0 Å². The zero-order valence-corrected chi connectivity index (χ0v) is 15.4. The fraction of sp³-hybridized carbons (Fsp3) is 0.412. The van der Waals surface area contributed by atoms with Crippen LogP contribution in [0.4, 0.5) is 31.1 Å². The van der Waals surface area contributed by atoms with E-state index in [-0.39, 0.29) is 10.9 Å². The van der Waals surface area contributed by atoms with E-state index in [9.17, 15) is 31.1 Å². The lowest BCUT2D eigenvalue weighted by Crippen LogP contribution is -2.28. The van der Waals surface area contributed by atoms with Crippen LogP contribution in [0, 0.1) is 6.92 Å². The highest BCUT2D eigenvalue weighted by Gasteiger charge is 2.38. The molecule has 0 aliphatic carbocycles. The van der Waals surface area contributed by atoms with E-state index < -0.39 is 35.2 Å². The highest BCUT2D eigenvalue weighted by atomic mass is 32.1. The first kappa shape index (κ1) is 20.4. The van der Waals surface area contributed by atoms with Gasteiger partial charge >= 0.3 is 18.4 Å². The summed E-state index contributed by atoms with van der Waals surface area (Å²) in [6.45, 7) is 2.64. The van der Waals surface area contributed by atoms with Crippen molar-refractivity contribution in [3.05, 3.63) is 45.2 Å². The first-order valence-electron chi connectivity index (χ1n) is 8.28. The maximum absolute atomic E-state index is 13.5. The minimum Gasteiger partial charge on any atom is -0.323 e. The molecule has 1 fully saturated rings. The molecule has 2 heterocycles. The molecular formula is C17H15F6N3OS. The third kappa shape index (κ3) is 4.23. The number of hydrogen-bond acceptors (Lipinski definition) is 2. The van der Waals surface area contributed by atoms with Gasteiger partial charge in [-0.25, -0.2) is 4.79 Å². The van der Waals surface area contributed by atoms with Crippen LogP contribution < -0.4 is 4.80 Å². The molecular weight excluding hydrogens is 408 g/mol. The molecule has 2 aromatic rings. The number of hydrogen-bond donors (Lipinski definition) is 0. The van der Waals surface area contributed by atoms with E-state index in [0.717, 1.165) is 34.8 Å². The van der Waals surface area contributed by atoms with Gasteiger partial charge in [0.25, 0.3) is 0 Å². The fourth-order valence-electron chi connectivity index (χ4n) is 2.92. The Morgan fingerprint density at radius 3 is 2.29 bits per heavy atom. The van der Waals surface area contributed by atoms with E-state index in [2.05, 4.69) is 4.99 Å². The summed E-state index contributed by atoms with van der Waals surface area (Å²) in [7, 11) is 0. The topological polar surface area (TPSA) is 37.6 Å². The number of urea groups is 1. The molecule has 1 aromatic carbocycles. The summed E-state index contributed by atoms with van der Waals surface area (Å²) in [4.78, 5) is 18.2. The quantitative estimate of drug-likeness (QED) is 0.595. The van der Waals surface area contributed by atoms with Crippen molar-refractivity contribution in [3.63, 3.8) is 0 Å². The largest absolute Gasteiger partial charge is 0.418 e. The van der Waals surface area contributed by atoms with E-state index in [1.807, 2.05) is 0 Å². The standard InChI is InChI=1S/C17H15F6N3OS/c1-10-9-26(15(28-10)24-14(27)25-6-2-3-7-25)13-5-4-11(16(18,19)20)8-12(13)17(21,22)23/h4-5,8-9H,2-3,6-7H2,1H3. The molecule has 0 saturated carbocycles. The van der Waals surface area contributed by atoms with Gasteiger partial charge < -0.3 is 4.90 Å². The summed E-state index contributed by atoms with van der Waals surface area (Å²) in [5, 5.41) is 0. The lowest BCUT2D eigenvalue weighted by atomic mass is 10.1. The van der Waals surface area contributed by atoms with Gasteiger partial charge in [-0.15, -0.1) is 11.3 Å². The normalized spacial score (nSPS) is 16.1. The maximum Gasteiger partial charge on any atom is 0.418 e. The van der Waals surface area contributed by atoms with Crippen molar-refractivity contribution >= 4 is 17.4 Å². The Kier molecular flexibility index (Phi) is 5.30. The number of nitrogens with zero attached hydrogens (tertiary/aromatic N) is 3. The van der Waals surface area contributed by atoms with Gasteiger partial charge in [0.1, 0.15) is 0 Å². The molecule has 0 atom stereocenters. The van der Waals surface area contributed by atoms with Crippen molar-refractivity contribution < 1.29 is 31.1 Å². The third-order valence-electron chi connectivity index (χ3n) is 4.23. The van der Waals surface area contributed by atoms with Crippen LogP contribution in [0.2, 0.25) is 0 Å². The summed E-state index contributed by atoms with van der Waals surface area (Å²) < 4.78 is 80.0. The number of carbonyl (C=O) groups excluding carboxylic acids is 1. The first-order valence-corrected chi connectivity index (χ1v) is 9.10. The zero-order chi connectivity index (χ0) is 20.7. The highest BCUT2D eigenvalue weighted by Crippen LogP contribution is 2.38. The van der Waals surface area contributed by atoms with Gasteiger partial charge in [0.15, 0.2) is 4.80 Å². The number of carbonyl (C=O) groups is 1. The van der Waals surface area contributed by atoms with Crippen LogP contribution in [0.1, 0.15) is 28.8 Å². The monoisotopic (exact) mass is 423 g/mol. The lowest BCUT2D eigenvalue weighted by molar-refractivity contribution is -0.143. The molecule has 1 aromatic heterocycles. The lowest BCUT2D eigenvalue weighted by Gasteiger charge is -2.16. The Morgan fingerprint density at radius 2 is 1.71 bits per heavy atom. The molecule has 1 aliphatic heterocycles. The molecule has 0 unspecified atom stereocenters. The van der Waals surface area contributed by atoms with Crippen LogP contribution in [0.3, 0.4) is 0 Å². The Morgan fingerprint density at radius 1 is 1.07 bits per heavy atom. The van der Waals surface area contributed by atoms with Crippen molar-refractivity contribution in [2.45, 2.75) is 32.1 Å². The Balaban J connectivity index is 2.15. The second-order valence-corrected chi connectivity index (χ2v) is 7.52. The number of alkyl halides is 6. The Bertz CT molecular complexity index is 951. The molecule has 28 heavy (non-hydrogen) atoms. The van der Waals surface area contributed by atoms with Crippen molar-refractivity contribution in [2.24, 2.45) is 4.99 Å². The second kappa shape index (κ2) is 7.26. The number of aryl methyl sites for hydroxylation is 1. The van der Waals surface area contributed by atoms with Gasteiger partial charge in [-0.05, 0) is 38.0 Å². The fourth-order valence-corrected chi connectivity index (χ4v) is 3.74. The molecule has 0 radical (unpaired) electrons. The van der Waals surface area contributed by atoms with Gasteiger partial charge in [0, 0.05) is 24.2 Å². The summed E-state index contributed by atoms with van der Waals surface area (Å²) in [5.74, 6) is 0. The maximum atomic E-state index is 13.5. The molecule has 152 valence electrons. The number of thiazole rings is 1. The number of benzene rings is 1. The summed E-state index contributed by atoms with van der Waals surface area (Å²) >= 11 is 0.985. The predicted molar refractivity (Wildman–Crippen MR) is 90.2 cm³/mol. The molecule has 3 rings (SSSR count). The van der Waals surface area contributed by atoms with Gasteiger partial charge in [0.05, 0.1) is 16.8 Å². The number of halogens is 6. The van der Waals surface area contributed by atoms with E-state index in [1.165, 1.54) is 11.1 Å². The minimum atomic E-state index is -5.02. The van der Waals surface area contributed by atoms with E-state index in [1.54, 1.807) is 6.92 Å². The average Bonchev–Trinajstić information content (AvgIpc) is 3.22. The summed E-state index contributed by atoms with van der Waals surface area (Å²) in [6.07, 6.45) is -6.97. The third-order valence-corrected chi connectivity index (χ3v) is 5.12. The van der Waals surface area contributed by atoms with E-state index in [0.29, 0.717) is 24.0 Å². The predicted octanol–water partition coefficient (Wildman–Crippen LogP) is 5.00. The Hall–Kier alpha value is -2.30. The minimum absolute atomic E-state index is 0.0281. The molecule has 11 heteroatoms. The van der Waals surface area contributed by atoms with Crippen LogP contribution in [-0.4, -0.2) is 28.6 Å². The summed E-state index contributed by atoms with van der Waals surface area (Å²) in [5.41, 5.74) is -3.37. The SMILES string of the molecule is Cc1cn(-c2ccc(C(F)(F)F)cc2C(F)(F)F)c(=NC(=O)N2CCCC2)s1. The Labute approximate surface area is 159 Å². The van der Waals surface area contributed by atoms with Crippen molar-refractivity contribution in [1.29, 1.82) is 0 Å². The number of rotatable bonds is 1.